The van der Waals surface area contributed by atoms with Crippen LogP contribution in [0.25, 0.3) is 11.1 Å². The lowest BCUT2D eigenvalue weighted by Gasteiger charge is -2.15. The smallest absolute Gasteiger partial charge is 0.142 e. The van der Waals surface area contributed by atoms with Gasteiger partial charge in [-0.15, -0.1) is 0 Å². The van der Waals surface area contributed by atoms with Gasteiger partial charge in [0.15, 0.2) is 0 Å². The minimum atomic E-state index is 0.283. The Labute approximate surface area is 247 Å². The molecular weight excluding hydrogens is 868 g/mol. The second-order valence-electron chi connectivity index (χ2n) is 7.68. The first kappa shape index (κ1) is 25.3. The van der Waals surface area contributed by atoms with Crippen LogP contribution >= 0.6 is 90.4 Å². The number of rotatable bonds is 5. The maximum absolute atomic E-state index is 11.3. The Hall–Kier alpha value is -0.800. The van der Waals surface area contributed by atoms with Gasteiger partial charge in [0.05, 0.1) is 14.3 Å². The highest BCUT2D eigenvalue weighted by molar-refractivity contribution is 14.1. The highest BCUT2D eigenvalue weighted by Crippen LogP contribution is 2.36. The Morgan fingerprint density at radius 2 is 0.879 bits per heavy atom. The molecule has 0 atom stereocenters. The summed E-state index contributed by atoms with van der Waals surface area (Å²) in [6.45, 7) is 0. The van der Waals surface area contributed by atoms with E-state index in [4.69, 9.17) is 0 Å². The van der Waals surface area contributed by atoms with E-state index in [9.17, 15) is 15.3 Å². The number of hydrogen-bond donors (Lipinski definition) is 3. The van der Waals surface area contributed by atoms with Crippen LogP contribution in [-0.4, -0.2) is 15.3 Å². The van der Waals surface area contributed by atoms with E-state index in [2.05, 4.69) is 102 Å². The molecule has 0 aliphatic carbocycles. The molecule has 0 saturated heterocycles. The number of phenols is 3. The second kappa shape index (κ2) is 10.9. The molecule has 0 heterocycles. The third kappa shape index (κ3) is 5.89. The predicted molar refractivity (Wildman–Crippen MR) is 166 cm³/mol. The average molecular weight is 886 g/mol. The summed E-state index contributed by atoms with van der Waals surface area (Å²) in [5.41, 5.74) is 5.87. The van der Waals surface area contributed by atoms with Crippen LogP contribution in [0.15, 0.2) is 66.7 Å². The molecule has 3 N–H and O–H groups in total. The quantitative estimate of drug-likeness (QED) is 0.178. The van der Waals surface area contributed by atoms with Crippen molar-refractivity contribution in [1.29, 1.82) is 0 Å². The van der Waals surface area contributed by atoms with Crippen molar-refractivity contribution >= 4 is 90.4 Å². The van der Waals surface area contributed by atoms with Crippen molar-refractivity contribution in [2.45, 2.75) is 12.8 Å². The van der Waals surface area contributed by atoms with Crippen molar-refractivity contribution in [3.8, 4) is 28.4 Å². The lowest BCUT2D eigenvalue weighted by Crippen LogP contribution is -1.98. The van der Waals surface area contributed by atoms with Gasteiger partial charge in [0.25, 0.3) is 0 Å². The number of hydrogen-bond acceptors (Lipinski definition) is 3. The minimum absolute atomic E-state index is 0.283. The molecule has 33 heavy (non-hydrogen) atoms. The predicted octanol–water partition coefficient (Wildman–Crippen LogP) is 8.07. The average Bonchev–Trinajstić information content (AvgIpc) is 2.79. The SMILES string of the molecule is Oc1c(I)cc(Cc2cc(-c3ccccc3)cc(Cc3cc(I)c(O)c(I)c3)c2O)cc1I. The summed E-state index contributed by atoms with van der Waals surface area (Å²) < 4.78 is 3.17. The summed E-state index contributed by atoms with van der Waals surface area (Å²) in [5.74, 6) is 0.865. The van der Waals surface area contributed by atoms with Crippen LogP contribution in [0.5, 0.6) is 17.2 Å². The topological polar surface area (TPSA) is 60.7 Å². The highest BCUT2D eigenvalue weighted by atomic mass is 127. The molecule has 0 spiro atoms. The van der Waals surface area contributed by atoms with Gasteiger partial charge in [0, 0.05) is 12.8 Å². The molecule has 0 radical (unpaired) electrons. The standard InChI is InChI=1S/C26H18I4O3/c27-20-8-14(9-21(28)25(20)32)6-18-12-17(16-4-2-1-3-5-16)13-19(24(18)31)7-15-10-22(29)26(33)23(30)11-15/h1-5,8-13,31-33H,6-7H2. The fourth-order valence-electron chi connectivity index (χ4n) is 3.71. The Kier molecular flexibility index (Phi) is 8.32. The number of benzene rings is 4. The molecule has 3 nitrogen and oxygen atoms in total. The van der Waals surface area contributed by atoms with Crippen LogP contribution in [-0.2, 0) is 12.8 Å². The van der Waals surface area contributed by atoms with Gasteiger partial charge in [0.1, 0.15) is 17.2 Å². The van der Waals surface area contributed by atoms with Gasteiger partial charge in [-0.05, 0) is 160 Å². The Balaban J connectivity index is 1.81. The fourth-order valence-corrected chi connectivity index (χ4v) is 7.50. The van der Waals surface area contributed by atoms with Gasteiger partial charge in [0.2, 0.25) is 0 Å². The van der Waals surface area contributed by atoms with E-state index in [-0.39, 0.29) is 5.75 Å². The van der Waals surface area contributed by atoms with Crippen LogP contribution < -0.4 is 0 Å². The number of halogens is 4. The van der Waals surface area contributed by atoms with Crippen LogP contribution in [0.2, 0.25) is 0 Å². The van der Waals surface area contributed by atoms with Gasteiger partial charge in [-0.25, -0.2) is 0 Å². The molecular formula is C26H18I4O3. The maximum Gasteiger partial charge on any atom is 0.142 e. The summed E-state index contributed by atoms with van der Waals surface area (Å²) in [6, 6.07) is 22.1. The van der Waals surface area contributed by atoms with Gasteiger partial charge < -0.3 is 15.3 Å². The number of aromatic hydroxyl groups is 3. The first-order valence-corrected chi connectivity index (χ1v) is 14.3. The molecule has 0 amide bonds. The van der Waals surface area contributed by atoms with Crippen molar-refractivity contribution in [3.63, 3.8) is 0 Å². The zero-order valence-electron chi connectivity index (χ0n) is 17.1. The lowest BCUT2D eigenvalue weighted by atomic mass is 9.92. The van der Waals surface area contributed by atoms with E-state index in [1.54, 1.807) is 0 Å². The lowest BCUT2D eigenvalue weighted by molar-refractivity contribution is 0.463. The van der Waals surface area contributed by atoms with E-state index in [0.29, 0.717) is 24.3 Å². The van der Waals surface area contributed by atoms with Crippen LogP contribution in [0.3, 0.4) is 0 Å². The molecule has 0 bridgehead atoms. The third-order valence-electron chi connectivity index (χ3n) is 5.32. The first-order chi connectivity index (χ1) is 15.7. The molecule has 0 aliphatic heterocycles. The zero-order chi connectivity index (χ0) is 23.7. The van der Waals surface area contributed by atoms with Crippen molar-refractivity contribution in [3.05, 3.63) is 103 Å². The Morgan fingerprint density at radius 1 is 0.485 bits per heavy atom. The molecule has 4 aromatic carbocycles. The van der Waals surface area contributed by atoms with E-state index in [0.717, 1.165) is 47.7 Å². The van der Waals surface area contributed by atoms with Gasteiger partial charge in [-0.2, -0.15) is 0 Å². The van der Waals surface area contributed by atoms with E-state index in [1.807, 2.05) is 54.6 Å². The molecule has 4 rings (SSSR count). The molecule has 0 unspecified atom stereocenters. The molecule has 0 fully saturated rings. The second-order valence-corrected chi connectivity index (χ2v) is 12.3. The molecule has 7 heteroatoms. The molecule has 0 aliphatic rings. The summed E-state index contributed by atoms with van der Waals surface area (Å²) >= 11 is 8.54. The van der Waals surface area contributed by atoms with E-state index < -0.39 is 0 Å². The fraction of sp³-hybridized carbons (Fsp3) is 0.0769. The summed E-state index contributed by atoms with van der Waals surface area (Å²) in [6.07, 6.45) is 1.10. The highest BCUT2D eigenvalue weighted by Gasteiger charge is 2.15. The van der Waals surface area contributed by atoms with E-state index in [1.165, 1.54) is 0 Å². The molecule has 0 saturated carbocycles. The van der Waals surface area contributed by atoms with Gasteiger partial charge in [-0.1, -0.05) is 30.3 Å². The van der Waals surface area contributed by atoms with Crippen molar-refractivity contribution in [1.82, 2.24) is 0 Å². The number of phenolic OH excluding ortho intramolecular Hbond substituents is 3. The molecule has 4 aromatic rings. The minimum Gasteiger partial charge on any atom is -0.507 e. The summed E-state index contributed by atoms with van der Waals surface area (Å²) in [5, 5.41) is 31.5. The van der Waals surface area contributed by atoms with Crippen molar-refractivity contribution in [2.75, 3.05) is 0 Å². The third-order valence-corrected chi connectivity index (χ3v) is 8.61. The maximum atomic E-state index is 11.3. The molecule has 0 aromatic heterocycles. The summed E-state index contributed by atoms with van der Waals surface area (Å²) in [4.78, 5) is 0. The zero-order valence-corrected chi connectivity index (χ0v) is 25.7. The molecule has 168 valence electrons. The largest absolute Gasteiger partial charge is 0.507 e. The normalized spacial score (nSPS) is 11.0. The van der Waals surface area contributed by atoms with Crippen molar-refractivity contribution in [2.24, 2.45) is 0 Å². The van der Waals surface area contributed by atoms with Gasteiger partial charge in [-0.3, -0.25) is 0 Å². The first-order valence-electron chi connectivity index (χ1n) is 9.97. The van der Waals surface area contributed by atoms with Crippen LogP contribution in [0.4, 0.5) is 0 Å². The van der Waals surface area contributed by atoms with Crippen molar-refractivity contribution < 1.29 is 15.3 Å². The Bertz CT molecular complexity index is 1210. The monoisotopic (exact) mass is 886 g/mol. The van der Waals surface area contributed by atoms with Crippen LogP contribution in [0.1, 0.15) is 22.3 Å². The van der Waals surface area contributed by atoms with Gasteiger partial charge >= 0.3 is 0 Å². The van der Waals surface area contributed by atoms with Crippen LogP contribution in [0, 0.1) is 14.3 Å². The summed E-state index contributed by atoms with van der Waals surface area (Å²) in [7, 11) is 0. The Morgan fingerprint density at radius 3 is 1.27 bits per heavy atom. The van der Waals surface area contributed by atoms with E-state index >= 15 is 0 Å².